The van der Waals surface area contributed by atoms with Gasteiger partial charge in [0, 0.05) is 16.9 Å². The molecule has 1 aromatic carbocycles. The van der Waals surface area contributed by atoms with Crippen LogP contribution in [0.1, 0.15) is 36.0 Å². The molecular weight excluding hydrogens is 280 g/mol. The molecule has 0 spiro atoms. The molecule has 0 saturated carbocycles. The Hall–Kier alpha value is -1.03. The van der Waals surface area contributed by atoms with Gasteiger partial charge in [-0.1, -0.05) is 29.8 Å². The summed E-state index contributed by atoms with van der Waals surface area (Å²) >= 11 is 7.33. The lowest BCUT2D eigenvalue weighted by atomic mass is 9.98. The van der Waals surface area contributed by atoms with Crippen molar-refractivity contribution in [2.75, 3.05) is 0 Å². The second-order valence-corrected chi connectivity index (χ2v) is 7.17. The van der Waals surface area contributed by atoms with Crippen LogP contribution in [0.2, 0.25) is 4.34 Å². The summed E-state index contributed by atoms with van der Waals surface area (Å²) in [5.41, 5.74) is 1.77. The first-order chi connectivity index (χ1) is 8.96. The van der Waals surface area contributed by atoms with E-state index in [2.05, 4.69) is 19.9 Å². The lowest BCUT2D eigenvalue weighted by Gasteiger charge is -2.19. The molecule has 4 heteroatoms. The maximum Gasteiger partial charge on any atom is 0.129 e. The summed E-state index contributed by atoms with van der Waals surface area (Å²) < 4.78 is 6.67. The minimum Gasteiger partial charge on any atom is -0.487 e. The van der Waals surface area contributed by atoms with Gasteiger partial charge in [-0.2, -0.15) is 0 Å². The van der Waals surface area contributed by atoms with Gasteiger partial charge in [-0.15, -0.1) is 11.3 Å². The molecule has 19 heavy (non-hydrogen) atoms. The summed E-state index contributed by atoms with van der Waals surface area (Å²) in [5, 5.41) is 10.5. The predicted molar refractivity (Wildman–Crippen MR) is 78.2 cm³/mol. The third-order valence-electron chi connectivity index (χ3n) is 3.28. The molecule has 1 atom stereocenters. The van der Waals surface area contributed by atoms with Crippen LogP contribution in [-0.4, -0.2) is 10.7 Å². The molecule has 2 nitrogen and oxygen atoms in total. The zero-order valence-electron chi connectivity index (χ0n) is 10.8. The van der Waals surface area contributed by atoms with E-state index in [4.69, 9.17) is 16.3 Å². The fourth-order valence-corrected chi connectivity index (χ4v) is 3.55. The van der Waals surface area contributed by atoms with E-state index >= 15 is 0 Å². The van der Waals surface area contributed by atoms with Crippen molar-refractivity contribution < 1.29 is 9.84 Å². The predicted octanol–water partition coefficient (Wildman–Crippen LogP) is 4.20. The third-order valence-corrected chi connectivity index (χ3v) is 4.56. The molecule has 2 aromatic rings. The maximum atomic E-state index is 10.5. The van der Waals surface area contributed by atoms with Gasteiger partial charge >= 0.3 is 0 Å². The minimum atomic E-state index is -0.679. The number of para-hydroxylation sites is 1. The van der Waals surface area contributed by atoms with E-state index in [1.807, 2.05) is 18.2 Å². The van der Waals surface area contributed by atoms with Crippen molar-refractivity contribution >= 4 is 22.9 Å². The lowest BCUT2D eigenvalue weighted by Crippen LogP contribution is -2.25. The van der Waals surface area contributed by atoms with Crippen molar-refractivity contribution in [2.24, 2.45) is 0 Å². The van der Waals surface area contributed by atoms with Gasteiger partial charge < -0.3 is 9.84 Å². The van der Waals surface area contributed by atoms with Crippen LogP contribution in [0, 0.1) is 0 Å². The van der Waals surface area contributed by atoms with Crippen molar-refractivity contribution in [1.29, 1.82) is 0 Å². The standard InChI is InChI=1S/C15H15ClO2S/c1-15(2)8-9-4-3-5-10(14(9)18-15)13(17)11-6-7-12(16)19-11/h3-7,13,17H,8H2,1-2H3. The molecule has 1 unspecified atom stereocenters. The van der Waals surface area contributed by atoms with Gasteiger partial charge in [-0.25, -0.2) is 0 Å². The van der Waals surface area contributed by atoms with Crippen molar-refractivity contribution in [3.05, 3.63) is 50.7 Å². The van der Waals surface area contributed by atoms with E-state index in [0.29, 0.717) is 4.34 Å². The zero-order valence-corrected chi connectivity index (χ0v) is 12.4. The summed E-state index contributed by atoms with van der Waals surface area (Å²) in [7, 11) is 0. The van der Waals surface area contributed by atoms with Crippen LogP contribution in [0.5, 0.6) is 5.75 Å². The number of benzene rings is 1. The van der Waals surface area contributed by atoms with Crippen LogP contribution >= 0.6 is 22.9 Å². The Kier molecular flexibility index (Phi) is 3.08. The fourth-order valence-electron chi connectivity index (χ4n) is 2.48. The summed E-state index contributed by atoms with van der Waals surface area (Å²) in [4.78, 5) is 0.840. The first-order valence-electron chi connectivity index (χ1n) is 6.20. The average molecular weight is 295 g/mol. The van der Waals surface area contributed by atoms with E-state index in [1.54, 1.807) is 6.07 Å². The smallest absolute Gasteiger partial charge is 0.129 e. The van der Waals surface area contributed by atoms with Gasteiger partial charge in [0.15, 0.2) is 0 Å². The molecule has 1 aliphatic rings. The summed E-state index contributed by atoms with van der Waals surface area (Å²) in [6.45, 7) is 4.12. The summed E-state index contributed by atoms with van der Waals surface area (Å²) in [6.07, 6.45) is 0.190. The third kappa shape index (κ3) is 2.38. The minimum absolute atomic E-state index is 0.203. The normalized spacial score (nSPS) is 17.9. The van der Waals surface area contributed by atoms with E-state index in [1.165, 1.54) is 11.3 Å². The maximum absolute atomic E-state index is 10.5. The van der Waals surface area contributed by atoms with Crippen LogP contribution in [0.25, 0.3) is 0 Å². The van der Waals surface area contributed by atoms with Crippen LogP contribution in [0.15, 0.2) is 30.3 Å². The summed E-state index contributed by atoms with van der Waals surface area (Å²) in [6, 6.07) is 9.60. The molecular formula is C15H15ClO2S. The van der Waals surface area contributed by atoms with Crippen LogP contribution < -0.4 is 4.74 Å². The molecule has 1 N–H and O–H groups in total. The molecule has 0 amide bonds. The molecule has 100 valence electrons. The van der Waals surface area contributed by atoms with Gasteiger partial charge in [-0.3, -0.25) is 0 Å². The Labute approximate surface area is 121 Å². The molecule has 3 rings (SSSR count). The first kappa shape index (κ1) is 13.0. The number of fused-ring (bicyclic) bond motifs is 1. The molecule has 1 aliphatic heterocycles. The molecule has 1 aromatic heterocycles. The van der Waals surface area contributed by atoms with E-state index < -0.39 is 6.10 Å². The average Bonchev–Trinajstić information content (AvgIpc) is 2.89. The van der Waals surface area contributed by atoms with Gasteiger partial charge in [0.1, 0.15) is 17.5 Å². The Morgan fingerprint density at radius 1 is 1.32 bits per heavy atom. The highest BCUT2D eigenvalue weighted by molar-refractivity contribution is 7.16. The zero-order chi connectivity index (χ0) is 13.6. The SMILES string of the molecule is CC1(C)Cc2cccc(C(O)c3ccc(Cl)s3)c2O1. The fraction of sp³-hybridized carbons (Fsp3) is 0.333. The molecule has 0 radical (unpaired) electrons. The van der Waals surface area contributed by atoms with Crippen LogP contribution in [0.3, 0.4) is 0 Å². The largest absolute Gasteiger partial charge is 0.487 e. The molecule has 0 fully saturated rings. The monoisotopic (exact) mass is 294 g/mol. The van der Waals surface area contributed by atoms with Crippen LogP contribution in [-0.2, 0) is 6.42 Å². The van der Waals surface area contributed by atoms with Crippen molar-refractivity contribution in [3.8, 4) is 5.75 Å². The van der Waals surface area contributed by atoms with Crippen molar-refractivity contribution in [1.82, 2.24) is 0 Å². The number of aliphatic hydroxyl groups is 1. The molecule has 0 saturated heterocycles. The van der Waals surface area contributed by atoms with Crippen molar-refractivity contribution in [3.63, 3.8) is 0 Å². The van der Waals surface area contributed by atoms with Gasteiger partial charge in [0.25, 0.3) is 0 Å². The highest BCUT2D eigenvalue weighted by atomic mass is 35.5. The van der Waals surface area contributed by atoms with Gasteiger partial charge in [0.05, 0.1) is 4.34 Å². The van der Waals surface area contributed by atoms with Crippen LogP contribution in [0.4, 0.5) is 0 Å². The van der Waals surface area contributed by atoms with Gasteiger partial charge in [-0.05, 0) is 31.5 Å². The number of hydrogen-bond acceptors (Lipinski definition) is 3. The Morgan fingerprint density at radius 3 is 2.79 bits per heavy atom. The number of ether oxygens (including phenoxy) is 1. The number of aliphatic hydroxyl groups excluding tert-OH is 1. The molecule has 0 bridgehead atoms. The molecule has 2 heterocycles. The van der Waals surface area contributed by atoms with E-state index in [9.17, 15) is 5.11 Å². The lowest BCUT2D eigenvalue weighted by molar-refractivity contribution is 0.131. The van der Waals surface area contributed by atoms with Gasteiger partial charge in [0.2, 0.25) is 0 Å². The number of rotatable bonds is 2. The summed E-state index contributed by atoms with van der Waals surface area (Å²) in [5.74, 6) is 0.824. The number of thiophene rings is 1. The molecule has 0 aliphatic carbocycles. The highest BCUT2D eigenvalue weighted by Crippen LogP contribution is 2.42. The van der Waals surface area contributed by atoms with E-state index in [0.717, 1.165) is 28.2 Å². The Balaban J connectivity index is 2.01. The Bertz CT molecular complexity index is 618. The quantitative estimate of drug-likeness (QED) is 0.899. The number of halogens is 1. The van der Waals surface area contributed by atoms with Crippen molar-refractivity contribution in [2.45, 2.75) is 32.0 Å². The second kappa shape index (κ2) is 4.51. The first-order valence-corrected chi connectivity index (χ1v) is 7.40. The topological polar surface area (TPSA) is 29.5 Å². The second-order valence-electron chi connectivity index (χ2n) is 5.42. The highest BCUT2D eigenvalue weighted by Gasteiger charge is 2.33. The Morgan fingerprint density at radius 2 is 2.11 bits per heavy atom. The van der Waals surface area contributed by atoms with E-state index in [-0.39, 0.29) is 5.60 Å². The number of hydrogen-bond donors (Lipinski definition) is 1.